The second-order valence-electron chi connectivity index (χ2n) is 7.11. The molecule has 32 heavy (non-hydrogen) atoms. The lowest BCUT2D eigenvalue weighted by Gasteiger charge is -2.27. The smallest absolute Gasteiger partial charge is 0.233 e. The molecule has 9 heteroatoms. The highest BCUT2D eigenvalue weighted by Gasteiger charge is 2.36. The second kappa shape index (κ2) is 11.0. The number of carbonyl (C=O) groups is 2. The summed E-state index contributed by atoms with van der Waals surface area (Å²) < 4.78 is 22.3. The normalized spacial score (nSPS) is 15.4. The van der Waals surface area contributed by atoms with Crippen molar-refractivity contribution < 1.29 is 28.5 Å². The van der Waals surface area contributed by atoms with E-state index >= 15 is 0 Å². The van der Waals surface area contributed by atoms with Crippen molar-refractivity contribution in [1.82, 2.24) is 4.90 Å². The van der Waals surface area contributed by atoms with Gasteiger partial charge in [-0.3, -0.25) is 9.59 Å². The topological polar surface area (TPSA) is 86.3 Å². The average Bonchev–Trinajstić information content (AvgIpc) is 3.15. The van der Waals surface area contributed by atoms with E-state index in [0.29, 0.717) is 54.0 Å². The van der Waals surface area contributed by atoms with Crippen LogP contribution < -0.4 is 24.3 Å². The Labute approximate surface area is 192 Å². The van der Waals surface area contributed by atoms with E-state index in [4.69, 9.17) is 18.9 Å². The summed E-state index contributed by atoms with van der Waals surface area (Å²) in [7, 11) is 4.76. The quantitative estimate of drug-likeness (QED) is 0.541. The number of nitrogens with one attached hydrogen (secondary N) is 1. The number of thioether (sulfide) groups is 1. The van der Waals surface area contributed by atoms with Gasteiger partial charge in [0.25, 0.3) is 0 Å². The zero-order chi connectivity index (χ0) is 23.1. The van der Waals surface area contributed by atoms with Crippen molar-refractivity contribution in [3.05, 3.63) is 42.0 Å². The molecule has 2 aromatic rings. The summed E-state index contributed by atoms with van der Waals surface area (Å²) >= 11 is 1.54. The Balaban J connectivity index is 1.67. The molecule has 0 aliphatic carbocycles. The molecule has 3 rings (SSSR count). The van der Waals surface area contributed by atoms with E-state index in [2.05, 4.69) is 5.32 Å². The van der Waals surface area contributed by atoms with Crippen LogP contribution in [0.25, 0.3) is 0 Å². The standard InChI is InChI=1S/C23H28N2O6S/c1-15(26)24-16-7-5-8-17(11-16)31-10-6-9-25-21(27)14-32-23(25)22-19(29-3)12-18(28-2)13-20(22)30-4/h5,7-8,11-13,23H,6,9-10,14H2,1-4H3,(H,24,26). The molecule has 0 spiro atoms. The van der Waals surface area contributed by atoms with Crippen LogP contribution in [0.3, 0.4) is 0 Å². The summed E-state index contributed by atoms with van der Waals surface area (Å²) in [6, 6.07) is 10.8. The minimum atomic E-state index is -0.221. The largest absolute Gasteiger partial charge is 0.496 e. The molecule has 2 amide bonds. The number of nitrogens with zero attached hydrogens (tertiary/aromatic N) is 1. The Morgan fingerprint density at radius 1 is 1.09 bits per heavy atom. The SMILES string of the molecule is COc1cc(OC)c(C2SCC(=O)N2CCCOc2cccc(NC(C)=O)c2)c(OC)c1. The number of amides is 2. The molecule has 1 atom stereocenters. The molecular weight excluding hydrogens is 432 g/mol. The lowest BCUT2D eigenvalue weighted by molar-refractivity contribution is -0.128. The number of rotatable bonds is 10. The highest BCUT2D eigenvalue weighted by Crippen LogP contribution is 2.48. The van der Waals surface area contributed by atoms with Gasteiger partial charge in [-0.15, -0.1) is 11.8 Å². The maximum absolute atomic E-state index is 12.6. The summed E-state index contributed by atoms with van der Waals surface area (Å²) in [4.78, 5) is 25.7. The molecule has 1 saturated heterocycles. The third-order valence-electron chi connectivity index (χ3n) is 4.93. The van der Waals surface area contributed by atoms with Crippen LogP contribution >= 0.6 is 11.8 Å². The number of methoxy groups -OCH3 is 3. The van der Waals surface area contributed by atoms with E-state index in [1.165, 1.54) is 6.92 Å². The Hall–Kier alpha value is -3.07. The Morgan fingerprint density at radius 3 is 2.44 bits per heavy atom. The van der Waals surface area contributed by atoms with Gasteiger partial charge in [0.05, 0.1) is 39.3 Å². The first-order valence-electron chi connectivity index (χ1n) is 10.2. The summed E-state index contributed by atoms with van der Waals surface area (Å²) in [5.74, 6) is 2.83. The number of benzene rings is 2. The first-order chi connectivity index (χ1) is 15.5. The van der Waals surface area contributed by atoms with E-state index in [1.807, 2.05) is 17.0 Å². The molecule has 0 aromatic heterocycles. The van der Waals surface area contributed by atoms with Crippen LogP contribution in [-0.4, -0.2) is 56.9 Å². The Morgan fingerprint density at radius 2 is 1.81 bits per heavy atom. The fraction of sp³-hybridized carbons (Fsp3) is 0.391. The van der Waals surface area contributed by atoms with Crippen molar-refractivity contribution in [3.8, 4) is 23.0 Å². The molecule has 0 radical (unpaired) electrons. The average molecular weight is 461 g/mol. The highest BCUT2D eigenvalue weighted by molar-refractivity contribution is 8.00. The summed E-state index contributed by atoms with van der Waals surface area (Å²) in [5.41, 5.74) is 1.50. The van der Waals surface area contributed by atoms with Crippen molar-refractivity contribution in [2.45, 2.75) is 18.7 Å². The predicted molar refractivity (Wildman–Crippen MR) is 124 cm³/mol. The molecule has 1 unspecified atom stereocenters. The van der Waals surface area contributed by atoms with Crippen LogP contribution in [0.15, 0.2) is 36.4 Å². The molecule has 1 heterocycles. The molecule has 1 aliphatic rings. The van der Waals surface area contributed by atoms with Gasteiger partial charge in [-0.25, -0.2) is 0 Å². The van der Waals surface area contributed by atoms with Gasteiger partial charge in [0.1, 0.15) is 28.4 Å². The number of anilines is 1. The van der Waals surface area contributed by atoms with Gasteiger partial charge in [0, 0.05) is 37.4 Å². The number of ether oxygens (including phenoxy) is 4. The van der Waals surface area contributed by atoms with Crippen molar-refractivity contribution in [1.29, 1.82) is 0 Å². The Kier molecular flexibility index (Phi) is 8.10. The Bertz CT molecular complexity index is 942. The molecular formula is C23H28N2O6S. The van der Waals surface area contributed by atoms with Crippen LogP contribution in [0.1, 0.15) is 24.3 Å². The minimum Gasteiger partial charge on any atom is -0.496 e. The van der Waals surface area contributed by atoms with Gasteiger partial charge in [0.15, 0.2) is 0 Å². The van der Waals surface area contributed by atoms with Crippen LogP contribution in [0, 0.1) is 0 Å². The van der Waals surface area contributed by atoms with Crippen molar-refractivity contribution in [2.24, 2.45) is 0 Å². The molecule has 172 valence electrons. The van der Waals surface area contributed by atoms with Crippen molar-refractivity contribution in [2.75, 3.05) is 45.6 Å². The maximum Gasteiger partial charge on any atom is 0.233 e. The van der Waals surface area contributed by atoms with Gasteiger partial charge in [-0.1, -0.05) is 6.07 Å². The molecule has 0 saturated carbocycles. The zero-order valence-corrected chi connectivity index (χ0v) is 19.5. The third kappa shape index (κ3) is 5.59. The number of carbonyl (C=O) groups excluding carboxylic acids is 2. The molecule has 1 aliphatic heterocycles. The van der Waals surface area contributed by atoms with Crippen LogP contribution in [0.4, 0.5) is 5.69 Å². The first-order valence-corrected chi connectivity index (χ1v) is 11.2. The lowest BCUT2D eigenvalue weighted by atomic mass is 10.1. The van der Waals surface area contributed by atoms with E-state index < -0.39 is 0 Å². The monoisotopic (exact) mass is 460 g/mol. The van der Waals surface area contributed by atoms with E-state index in [9.17, 15) is 9.59 Å². The van der Waals surface area contributed by atoms with E-state index in [0.717, 1.165) is 5.56 Å². The fourth-order valence-electron chi connectivity index (χ4n) is 3.50. The van der Waals surface area contributed by atoms with Crippen LogP contribution in [0.2, 0.25) is 0 Å². The summed E-state index contributed by atoms with van der Waals surface area (Å²) in [6.07, 6.45) is 0.647. The maximum atomic E-state index is 12.6. The number of hydrogen-bond donors (Lipinski definition) is 1. The molecule has 0 bridgehead atoms. The third-order valence-corrected chi connectivity index (χ3v) is 6.15. The van der Waals surface area contributed by atoms with Crippen molar-refractivity contribution in [3.63, 3.8) is 0 Å². The zero-order valence-electron chi connectivity index (χ0n) is 18.7. The number of hydrogen-bond acceptors (Lipinski definition) is 7. The van der Waals surface area contributed by atoms with Crippen LogP contribution in [0.5, 0.6) is 23.0 Å². The summed E-state index contributed by atoms with van der Waals surface area (Å²) in [6.45, 7) is 2.42. The minimum absolute atomic E-state index is 0.0626. The van der Waals surface area contributed by atoms with E-state index in [-0.39, 0.29) is 17.2 Å². The molecule has 1 N–H and O–H groups in total. The van der Waals surface area contributed by atoms with Crippen molar-refractivity contribution >= 4 is 29.3 Å². The fourth-order valence-corrected chi connectivity index (χ4v) is 4.77. The molecule has 2 aromatic carbocycles. The molecule has 8 nitrogen and oxygen atoms in total. The first kappa shape index (κ1) is 23.6. The highest BCUT2D eigenvalue weighted by atomic mass is 32.2. The van der Waals surface area contributed by atoms with Crippen LogP contribution in [-0.2, 0) is 9.59 Å². The second-order valence-corrected chi connectivity index (χ2v) is 8.18. The lowest BCUT2D eigenvalue weighted by Crippen LogP contribution is -2.30. The summed E-state index contributed by atoms with van der Waals surface area (Å²) in [5, 5.41) is 2.51. The van der Waals surface area contributed by atoms with Gasteiger partial charge >= 0.3 is 0 Å². The van der Waals surface area contributed by atoms with Gasteiger partial charge in [0.2, 0.25) is 11.8 Å². The predicted octanol–water partition coefficient (Wildman–Crippen LogP) is 3.71. The van der Waals surface area contributed by atoms with Gasteiger partial charge in [-0.2, -0.15) is 0 Å². The molecule has 1 fully saturated rings. The van der Waals surface area contributed by atoms with E-state index in [1.54, 1.807) is 57.4 Å². The van der Waals surface area contributed by atoms with Gasteiger partial charge in [-0.05, 0) is 18.6 Å². The van der Waals surface area contributed by atoms with Gasteiger partial charge < -0.3 is 29.2 Å².